The Balaban J connectivity index is 0.00000235. The molecule has 2 aliphatic rings. The van der Waals surface area contributed by atoms with Crippen molar-refractivity contribution in [1.29, 1.82) is 0 Å². The molecule has 0 unspecified atom stereocenters. The normalized spacial score (nSPS) is 20.9. The van der Waals surface area contributed by atoms with E-state index in [1.54, 1.807) is 4.90 Å². The molecule has 1 aromatic heterocycles. The first-order chi connectivity index (χ1) is 22.5. The minimum Gasteiger partial charge on any atom is -0.494 e. The highest BCUT2D eigenvalue weighted by Gasteiger charge is 2.34. The molecule has 2 aromatic carbocycles. The first-order valence-corrected chi connectivity index (χ1v) is 16.4. The molecule has 1 saturated heterocycles. The molecule has 46 heavy (non-hydrogen) atoms. The van der Waals surface area contributed by atoms with Crippen LogP contribution in [0.25, 0.3) is 0 Å². The van der Waals surface area contributed by atoms with Gasteiger partial charge in [0.15, 0.2) is 0 Å². The van der Waals surface area contributed by atoms with Crippen LogP contribution in [0.3, 0.4) is 0 Å². The highest BCUT2D eigenvalue weighted by molar-refractivity contribution is 5.89. The van der Waals surface area contributed by atoms with Gasteiger partial charge in [0.2, 0.25) is 23.6 Å². The summed E-state index contributed by atoms with van der Waals surface area (Å²) in [7, 11) is 0. The van der Waals surface area contributed by atoms with E-state index in [1.807, 2.05) is 68.4 Å². The summed E-state index contributed by atoms with van der Waals surface area (Å²) in [5.41, 5.74) is 2.60. The van der Waals surface area contributed by atoms with Crippen LogP contribution in [0.1, 0.15) is 69.4 Å². The Morgan fingerprint density at radius 3 is 2.63 bits per heavy atom. The molecule has 10 nitrogen and oxygen atoms in total. The number of hydrogen-bond donors (Lipinski definition) is 3. The minimum absolute atomic E-state index is 0.0208. The summed E-state index contributed by atoms with van der Waals surface area (Å²) in [4.78, 5) is 46.0. The molecule has 0 radical (unpaired) electrons. The third kappa shape index (κ3) is 9.95. The smallest absolute Gasteiger partial charge is 0.243 e. The summed E-state index contributed by atoms with van der Waals surface area (Å²) < 4.78 is 11.3. The number of oxazole rings is 1. The van der Waals surface area contributed by atoms with Crippen LogP contribution in [-0.4, -0.2) is 58.9 Å². The highest BCUT2D eigenvalue weighted by atomic mass is 16.5. The summed E-state index contributed by atoms with van der Waals surface area (Å²) in [6.45, 7) is 9.49. The maximum Gasteiger partial charge on any atom is 0.243 e. The topological polar surface area (TPSA) is 126 Å². The summed E-state index contributed by atoms with van der Waals surface area (Å²) in [5.74, 6) is 0.648. The second-order valence-electron chi connectivity index (χ2n) is 11.4. The SMILES string of the molecule is C=C1N[C@H](C(=O)NCc2ncco2)CCCCOc2cccc(c2)C[C@H](N2CCCC2=O)C(=O)N[C@H]1CCc1ccccc1.CC. The molecular formula is C36H47N5O5. The molecule has 3 N–H and O–H groups in total. The summed E-state index contributed by atoms with van der Waals surface area (Å²) in [6, 6.07) is 16.0. The Morgan fingerprint density at radius 2 is 1.89 bits per heavy atom. The van der Waals surface area contributed by atoms with Crippen molar-refractivity contribution in [2.45, 2.75) is 89.9 Å². The Hall–Kier alpha value is -4.60. The third-order valence-electron chi connectivity index (χ3n) is 8.15. The third-order valence-corrected chi connectivity index (χ3v) is 8.15. The van der Waals surface area contributed by atoms with Crippen LogP contribution in [0, 0.1) is 0 Å². The lowest BCUT2D eigenvalue weighted by atomic mass is 9.99. The Kier molecular flexibility index (Phi) is 13.2. The molecule has 0 spiro atoms. The van der Waals surface area contributed by atoms with E-state index < -0.39 is 18.1 Å². The highest BCUT2D eigenvalue weighted by Crippen LogP contribution is 2.22. The van der Waals surface area contributed by atoms with Gasteiger partial charge in [0.25, 0.3) is 0 Å². The van der Waals surface area contributed by atoms with Crippen LogP contribution in [0.2, 0.25) is 0 Å². The van der Waals surface area contributed by atoms with Crippen LogP contribution in [-0.2, 0) is 33.8 Å². The molecule has 5 rings (SSSR count). The Bertz CT molecular complexity index is 1410. The Labute approximate surface area is 272 Å². The average molecular weight is 630 g/mol. The molecule has 1 fully saturated rings. The van der Waals surface area contributed by atoms with Gasteiger partial charge in [0.05, 0.1) is 25.4 Å². The number of amides is 3. The maximum atomic E-state index is 14.0. The van der Waals surface area contributed by atoms with Crippen LogP contribution >= 0.6 is 0 Å². The molecule has 3 heterocycles. The fourth-order valence-corrected chi connectivity index (χ4v) is 5.75. The predicted octanol–water partition coefficient (Wildman–Crippen LogP) is 4.70. The van der Waals surface area contributed by atoms with E-state index in [0.717, 1.165) is 30.4 Å². The van der Waals surface area contributed by atoms with Gasteiger partial charge in [0.1, 0.15) is 24.1 Å². The maximum absolute atomic E-state index is 14.0. The summed E-state index contributed by atoms with van der Waals surface area (Å²) in [5, 5.41) is 9.45. The largest absolute Gasteiger partial charge is 0.494 e. The van der Waals surface area contributed by atoms with E-state index in [-0.39, 0.29) is 24.3 Å². The number of benzene rings is 2. The van der Waals surface area contributed by atoms with Gasteiger partial charge < -0.3 is 30.0 Å². The van der Waals surface area contributed by atoms with Crippen molar-refractivity contribution < 1.29 is 23.5 Å². The van der Waals surface area contributed by atoms with Gasteiger partial charge in [-0.05, 0) is 61.8 Å². The van der Waals surface area contributed by atoms with Gasteiger partial charge >= 0.3 is 0 Å². The molecule has 2 bridgehead atoms. The molecular weight excluding hydrogens is 582 g/mol. The van der Waals surface area contributed by atoms with Crippen LogP contribution in [0.5, 0.6) is 5.75 Å². The van der Waals surface area contributed by atoms with Crippen molar-refractivity contribution in [2.75, 3.05) is 13.2 Å². The quantitative estimate of drug-likeness (QED) is 0.346. The number of carbonyl (C=O) groups is 3. The minimum atomic E-state index is -0.680. The van der Waals surface area contributed by atoms with Crippen LogP contribution in [0.4, 0.5) is 0 Å². The van der Waals surface area contributed by atoms with Crippen molar-refractivity contribution >= 4 is 17.7 Å². The van der Waals surface area contributed by atoms with Gasteiger partial charge in [0, 0.05) is 25.1 Å². The first-order valence-electron chi connectivity index (χ1n) is 16.4. The summed E-state index contributed by atoms with van der Waals surface area (Å²) >= 11 is 0. The van der Waals surface area contributed by atoms with Crippen molar-refractivity contribution in [3.63, 3.8) is 0 Å². The van der Waals surface area contributed by atoms with Gasteiger partial charge in [-0.3, -0.25) is 14.4 Å². The van der Waals surface area contributed by atoms with Gasteiger partial charge in [-0.2, -0.15) is 0 Å². The molecule has 3 amide bonds. The standard InChI is InChI=1S/C34H41N5O5.C2H6/c1-24-28(16-15-25-9-3-2-4-10-25)38-34(42)30(39-18-8-14-32(39)40)22-26-11-7-12-27(21-26)43-19-6-5-13-29(37-24)33(41)36-23-31-35-17-20-44-31;1-2/h2-4,7,9-12,17,20-21,28-30,37H,1,5-6,8,13-16,18-19,22-23H2,(H,36,41)(H,38,42);1-2H3/t28-,29-,30-;/m0./s1. The van der Waals surface area contributed by atoms with E-state index in [4.69, 9.17) is 9.15 Å². The number of hydrogen-bond acceptors (Lipinski definition) is 7. The molecule has 0 aliphatic carbocycles. The average Bonchev–Trinajstić information content (AvgIpc) is 3.76. The number of fused-ring (bicyclic) bond motifs is 2. The molecule has 246 valence electrons. The predicted molar refractivity (Wildman–Crippen MR) is 177 cm³/mol. The first kappa shape index (κ1) is 34.3. The summed E-state index contributed by atoms with van der Waals surface area (Å²) in [6.07, 6.45) is 7.80. The lowest BCUT2D eigenvalue weighted by Crippen LogP contribution is -2.54. The number of rotatable bonds is 7. The number of aryl methyl sites for hydroxylation is 1. The zero-order valence-corrected chi connectivity index (χ0v) is 27.0. The van der Waals surface area contributed by atoms with E-state index in [1.165, 1.54) is 12.5 Å². The fraction of sp³-hybridized carbons (Fsp3) is 0.444. The zero-order valence-electron chi connectivity index (χ0n) is 27.0. The molecule has 3 atom stereocenters. The number of aromatic nitrogens is 1. The van der Waals surface area contributed by atoms with Gasteiger partial charge in [-0.1, -0.05) is 62.9 Å². The number of nitrogens with zero attached hydrogens (tertiary/aromatic N) is 2. The van der Waals surface area contributed by atoms with Crippen molar-refractivity contribution in [3.05, 3.63) is 96.4 Å². The van der Waals surface area contributed by atoms with Crippen LogP contribution < -0.4 is 20.7 Å². The van der Waals surface area contributed by atoms with Crippen molar-refractivity contribution in [3.8, 4) is 5.75 Å². The van der Waals surface area contributed by atoms with E-state index in [2.05, 4.69) is 27.5 Å². The second kappa shape index (κ2) is 17.8. The lowest BCUT2D eigenvalue weighted by Gasteiger charge is -2.31. The van der Waals surface area contributed by atoms with Gasteiger partial charge in [-0.15, -0.1) is 0 Å². The Morgan fingerprint density at radius 1 is 1.07 bits per heavy atom. The fourth-order valence-electron chi connectivity index (χ4n) is 5.75. The monoisotopic (exact) mass is 629 g/mol. The van der Waals surface area contributed by atoms with Crippen molar-refractivity contribution in [1.82, 2.24) is 25.8 Å². The van der Waals surface area contributed by atoms with Crippen LogP contribution in [0.15, 0.2) is 83.8 Å². The number of likely N-dealkylation sites (tertiary alicyclic amines) is 1. The molecule has 2 aliphatic heterocycles. The van der Waals surface area contributed by atoms with Crippen molar-refractivity contribution in [2.24, 2.45) is 0 Å². The molecule has 3 aromatic rings. The number of ether oxygens (including phenoxy) is 1. The molecule has 10 heteroatoms. The van der Waals surface area contributed by atoms with E-state index in [9.17, 15) is 14.4 Å². The van der Waals surface area contributed by atoms with E-state index >= 15 is 0 Å². The number of nitrogens with one attached hydrogen (secondary N) is 3. The number of carbonyl (C=O) groups excluding carboxylic acids is 3. The lowest BCUT2D eigenvalue weighted by molar-refractivity contribution is -0.137. The van der Waals surface area contributed by atoms with Gasteiger partial charge in [-0.25, -0.2) is 4.98 Å². The second-order valence-corrected chi connectivity index (χ2v) is 11.4. The van der Waals surface area contributed by atoms with E-state index in [0.29, 0.717) is 62.6 Å². The molecule has 0 saturated carbocycles. The zero-order chi connectivity index (χ0) is 32.7.